The number of rotatable bonds is 7. The summed E-state index contributed by atoms with van der Waals surface area (Å²) in [6.45, 7) is 1.39. The van der Waals surface area contributed by atoms with Crippen molar-refractivity contribution < 1.29 is 9.59 Å². The van der Waals surface area contributed by atoms with Gasteiger partial charge >= 0.3 is 0 Å². The molecule has 1 unspecified atom stereocenters. The van der Waals surface area contributed by atoms with Crippen molar-refractivity contribution in [3.63, 3.8) is 0 Å². The fraction of sp³-hybridized carbons (Fsp3) is 0.364. The van der Waals surface area contributed by atoms with Crippen LogP contribution in [0.25, 0.3) is 0 Å². The summed E-state index contributed by atoms with van der Waals surface area (Å²) in [4.78, 5) is 29.5. The van der Waals surface area contributed by atoms with Crippen molar-refractivity contribution in [1.29, 1.82) is 0 Å². The lowest BCUT2D eigenvalue weighted by Gasteiger charge is -2.22. The smallest absolute Gasteiger partial charge is 0.242 e. The van der Waals surface area contributed by atoms with Gasteiger partial charge in [-0.1, -0.05) is 42.5 Å². The number of thioether (sulfide) groups is 1. The number of likely N-dealkylation sites (N-methyl/N-ethyl adjacent to an activating group) is 1. The molecule has 2 amide bonds. The van der Waals surface area contributed by atoms with Gasteiger partial charge in [-0.2, -0.15) is 0 Å². The highest BCUT2D eigenvalue weighted by Gasteiger charge is 2.31. The van der Waals surface area contributed by atoms with Gasteiger partial charge in [0, 0.05) is 31.5 Å². The molecule has 0 spiro atoms. The van der Waals surface area contributed by atoms with Crippen LogP contribution in [0, 0.1) is 5.92 Å². The Balaban J connectivity index is 1.53. The van der Waals surface area contributed by atoms with Gasteiger partial charge in [-0.25, -0.2) is 0 Å². The second-order valence-electron chi connectivity index (χ2n) is 7.14. The number of carbonyl (C=O) groups excluding carboxylic acids is 2. The molecule has 1 heterocycles. The van der Waals surface area contributed by atoms with E-state index in [2.05, 4.69) is 24.3 Å². The van der Waals surface area contributed by atoms with Gasteiger partial charge in [0.15, 0.2) is 0 Å². The van der Waals surface area contributed by atoms with Gasteiger partial charge in [0.1, 0.15) is 0 Å². The van der Waals surface area contributed by atoms with E-state index < -0.39 is 0 Å². The minimum atomic E-state index is -0.0155. The third-order valence-electron chi connectivity index (χ3n) is 4.97. The van der Waals surface area contributed by atoms with Crippen LogP contribution >= 0.6 is 11.8 Å². The van der Waals surface area contributed by atoms with E-state index in [9.17, 15) is 9.59 Å². The van der Waals surface area contributed by atoms with E-state index >= 15 is 0 Å². The zero-order valence-corrected chi connectivity index (χ0v) is 16.7. The second-order valence-corrected chi connectivity index (χ2v) is 8.02. The maximum absolute atomic E-state index is 12.6. The highest BCUT2D eigenvalue weighted by Crippen LogP contribution is 2.22. The molecule has 0 aromatic heterocycles. The molecule has 1 aliphatic heterocycles. The quantitative estimate of drug-likeness (QED) is 0.689. The zero-order chi connectivity index (χ0) is 19.2. The molecule has 0 N–H and O–H groups in total. The van der Waals surface area contributed by atoms with Gasteiger partial charge < -0.3 is 9.80 Å². The molecule has 0 radical (unpaired) electrons. The van der Waals surface area contributed by atoms with Gasteiger partial charge in [0.25, 0.3) is 0 Å². The van der Waals surface area contributed by atoms with Crippen molar-refractivity contribution in [3.8, 4) is 0 Å². The van der Waals surface area contributed by atoms with Gasteiger partial charge in [0.2, 0.25) is 11.8 Å². The van der Waals surface area contributed by atoms with Gasteiger partial charge in [-0.05, 0) is 41.9 Å². The molecule has 0 aliphatic carbocycles. The summed E-state index contributed by atoms with van der Waals surface area (Å²) >= 11 is 1.69. The number of nitrogens with zero attached hydrogens (tertiary/aromatic N) is 2. The fourth-order valence-corrected chi connectivity index (χ4v) is 3.99. The van der Waals surface area contributed by atoms with Crippen molar-refractivity contribution in [2.75, 3.05) is 26.4 Å². The summed E-state index contributed by atoms with van der Waals surface area (Å²) in [6.07, 6.45) is 3.45. The molecule has 1 aliphatic rings. The second kappa shape index (κ2) is 9.09. The molecule has 2 aromatic rings. The third kappa shape index (κ3) is 5.36. The van der Waals surface area contributed by atoms with E-state index in [1.807, 2.05) is 36.6 Å². The molecule has 5 heteroatoms. The summed E-state index contributed by atoms with van der Waals surface area (Å²) in [7, 11) is 1.80. The molecular formula is C22H26N2O2S. The summed E-state index contributed by atoms with van der Waals surface area (Å²) < 4.78 is 0. The topological polar surface area (TPSA) is 40.6 Å². The molecule has 0 bridgehead atoms. The van der Waals surface area contributed by atoms with Gasteiger partial charge in [-0.3, -0.25) is 9.59 Å². The van der Waals surface area contributed by atoms with Crippen molar-refractivity contribution in [2.45, 2.75) is 24.3 Å². The number of benzene rings is 2. The number of likely N-dealkylation sites (tertiary alicyclic amines) is 1. The molecule has 3 rings (SSSR count). The summed E-state index contributed by atoms with van der Waals surface area (Å²) in [5.41, 5.74) is 2.35. The first-order valence-electron chi connectivity index (χ1n) is 9.23. The van der Waals surface area contributed by atoms with Crippen LogP contribution in [0.5, 0.6) is 0 Å². The van der Waals surface area contributed by atoms with Crippen LogP contribution in [-0.4, -0.2) is 48.0 Å². The predicted molar refractivity (Wildman–Crippen MR) is 110 cm³/mol. The average molecular weight is 383 g/mol. The largest absolute Gasteiger partial charge is 0.340 e. The van der Waals surface area contributed by atoms with Crippen LogP contribution in [-0.2, 0) is 22.6 Å². The molecule has 27 heavy (non-hydrogen) atoms. The van der Waals surface area contributed by atoms with E-state index in [0.717, 1.165) is 12.0 Å². The minimum absolute atomic E-state index is 0.0155. The Labute approximate surface area is 165 Å². The molecule has 2 aromatic carbocycles. The van der Waals surface area contributed by atoms with E-state index in [0.29, 0.717) is 19.5 Å². The SMILES string of the molecule is CSc1cccc(CN(C)C(=O)CN2CC(Cc3ccccc3)CC2=O)c1. The van der Waals surface area contributed by atoms with E-state index in [1.165, 1.54) is 10.5 Å². The first-order valence-corrected chi connectivity index (χ1v) is 10.5. The summed E-state index contributed by atoms with van der Waals surface area (Å²) in [5, 5.41) is 0. The van der Waals surface area contributed by atoms with Crippen LogP contribution in [0.15, 0.2) is 59.5 Å². The van der Waals surface area contributed by atoms with Gasteiger partial charge in [0.05, 0.1) is 6.54 Å². The minimum Gasteiger partial charge on any atom is -0.340 e. The number of amides is 2. The molecule has 1 atom stereocenters. The maximum atomic E-state index is 12.6. The first kappa shape index (κ1) is 19.5. The Hall–Kier alpha value is -2.27. The standard InChI is InChI=1S/C22H26N2O2S/c1-23(14-18-9-6-10-20(12-18)27-2)22(26)16-24-15-19(13-21(24)25)11-17-7-4-3-5-8-17/h3-10,12,19H,11,13-16H2,1-2H3. The molecule has 142 valence electrons. The predicted octanol–water partition coefficient (Wildman–Crippen LogP) is 3.46. The third-order valence-corrected chi connectivity index (χ3v) is 5.69. The van der Waals surface area contributed by atoms with Crippen molar-refractivity contribution in [3.05, 3.63) is 65.7 Å². The van der Waals surface area contributed by atoms with Crippen LogP contribution in [0.3, 0.4) is 0 Å². The Morgan fingerprint density at radius 3 is 2.63 bits per heavy atom. The number of hydrogen-bond acceptors (Lipinski definition) is 3. The number of carbonyl (C=O) groups is 2. The van der Waals surface area contributed by atoms with Crippen LogP contribution in [0.4, 0.5) is 0 Å². The van der Waals surface area contributed by atoms with Crippen LogP contribution in [0.2, 0.25) is 0 Å². The van der Waals surface area contributed by atoms with E-state index in [-0.39, 0.29) is 24.3 Å². The summed E-state index contributed by atoms with van der Waals surface area (Å²) in [5.74, 6) is 0.358. The zero-order valence-electron chi connectivity index (χ0n) is 15.9. The molecule has 1 saturated heterocycles. The molecule has 4 nitrogen and oxygen atoms in total. The van der Waals surface area contributed by atoms with Crippen molar-refractivity contribution in [2.24, 2.45) is 5.92 Å². The van der Waals surface area contributed by atoms with E-state index in [1.54, 1.807) is 28.6 Å². The van der Waals surface area contributed by atoms with Gasteiger partial charge in [-0.15, -0.1) is 11.8 Å². The summed E-state index contributed by atoms with van der Waals surface area (Å²) in [6, 6.07) is 18.4. The highest BCUT2D eigenvalue weighted by molar-refractivity contribution is 7.98. The van der Waals surface area contributed by atoms with Crippen molar-refractivity contribution in [1.82, 2.24) is 9.80 Å². The lowest BCUT2D eigenvalue weighted by atomic mass is 9.99. The monoisotopic (exact) mass is 382 g/mol. The van der Waals surface area contributed by atoms with Crippen LogP contribution < -0.4 is 0 Å². The molecule has 1 fully saturated rings. The van der Waals surface area contributed by atoms with Crippen LogP contribution in [0.1, 0.15) is 17.5 Å². The maximum Gasteiger partial charge on any atom is 0.242 e. The van der Waals surface area contributed by atoms with E-state index in [4.69, 9.17) is 0 Å². The fourth-order valence-electron chi connectivity index (χ4n) is 3.51. The Bertz CT molecular complexity index is 794. The molecular weight excluding hydrogens is 356 g/mol. The normalized spacial score (nSPS) is 16.6. The highest BCUT2D eigenvalue weighted by atomic mass is 32.2. The molecule has 0 saturated carbocycles. The Morgan fingerprint density at radius 1 is 1.15 bits per heavy atom. The van der Waals surface area contributed by atoms with Crippen molar-refractivity contribution >= 4 is 23.6 Å². The lowest BCUT2D eigenvalue weighted by molar-refractivity contribution is -0.137. The first-order chi connectivity index (χ1) is 13.0. The lowest BCUT2D eigenvalue weighted by Crippen LogP contribution is -2.39. The number of hydrogen-bond donors (Lipinski definition) is 0. The Morgan fingerprint density at radius 2 is 1.89 bits per heavy atom. The average Bonchev–Trinajstić information content (AvgIpc) is 3.01. The Kier molecular flexibility index (Phi) is 6.56.